The predicted molar refractivity (Wildman–Crippen MR) is 131 cm³/mol. The zero-order valence-corrected chi connectivity index (χ0v) is 20.1. The molecule has 10 heteroatoms. The van der Waals surface area contributed by atoms with E-state index in [2.05, 4.69) is 37.3 Å². The SMILES string of the molecule is CCNC(=NCc1ccc2c(c1)OCO2)NCCN1CCN(c2ncccn2)CC1.I. The van der Waals surface area contributed by atoms with Crippen molar-refractivity contribution in [3.8, 4) is 11.5 Å². The molecule has 2 aliphatic heterocycles. The second-order valence-electron chi connectivity index (χ2n) is 7.19. The van der Waals surface area contributed by atoms with E-state index in [0.29, 0.717) is 13.3 Å². The van der Waals surface area contributed by atoms with Gasteiger partial charge in [0.2, 0.25) is 12.7 Å². The van der Waals surface area contributed by atoms with Crippen molar-refractivity contribution in [2.24, 2.45) is 4.99 Å². The number of hydrogen-bond donors (Lipinski definition) is 2. The van der Waals surface area contributed by atoms with Gasteiger partial charge in [0, 0.05) is 58.2 Å². The molecule has 0 aliphatic carbocycles. The summed E-state index contributed by atoms with van der Waals surface area (Å²) in [5.41, 5.74) is 1.09. The molecule has 1 fully saturated rings. The lowest BCUT2D eigenvalue weighted by Gasteiger charge is -2.34. The number of nitrogens with one attached hydrogen (secondary N) is 2. The van der Waals surface area contributed by atoms with Crippen LogP contribution in [0.1, 0.15) is 12.5 Å². The Kier molecular flexibility index (Phi) is 8.95. The summed E-state index contributed by atoms with van der Waals surface area (Å²) in [6, 6.07) is 7.80. The molecule has 4 rings (SSSR count). The number of nitrogens with zero attached hydrogens (tertiary/aromatic N) is 5. The molecule has 0 spiro atoms. The molecular weight excluding hydrogens is 509 g/mol. The minimum Gasteiger partial charge on any atom is -0.454 e. The van der Waals surface area contributed by atoms with Crippen LogP contribution < -0.4 is 25.0 Å². The van der Waals surface area contributed by atoms with Gasteiger partial charge in [0.05, 0.1) is 6.54 Å². The van der Waals surface area contributed by atoms with Gasteiger partial charge in [-0.05, 0) is 30.7 Å². The lowest BCUT2D eigenvalue weighted by molar-refractivity contribution is 0.174. The Balaban J connectivity index is 0.00000272. The van der Waals surface area contributed by atoms with Crippen molar-refractivity contribution < 1.29 is 9.47 Å². The van der Waals surface area contributed by atoms with E-state index in [0.717, 1.165) is 74.8 Å². The molecule has 1 saturated heterocycles. The number of hydrogen-bond acceptors (Lipinski definition) is 7. The van der Waals surface area contributed by atoms with Crippen LogP contribution in [0.15, 0.2) is 41.7 Å². The van der Waals surface area contributed by atoms with Crippen LogP contribution in [0.4, 0.5) is 5.95 Å². The Morgan fingerprint density at radius 2 is 1.84 bits per heavy atom. The van der Waals surface area contributed by atoms with E-state index in [9.17, 15) is 0 Å². The number of fused-ring (bicyclic) bond motifs is 1. The lowest BCUT2D eigenvalue weighted by atomic mass is 10.2. The van der Waals surface area contributed by atoms with Crippen LogP contribution in [-0.2, 0) is 6.54 Å². The fourth-order valence-corrected chi connectivity index (χ4v) is 3.51. The van der Waals surface area contributed by atoms with Gasteiger partial charge in [-0.1, -0.05) is 6.07 Å². The van der Waals surface area contributed by atoms with Gasteiger partial charge in [0.25, 0.3) is 0 Å². The Morgan fingerprint density at radius 1 is 1.06 bits per heavy atom. The van der Waals surface area contributed by atoms with E-state index in [-0.39, 0.29) is 24.0 Å². The molecule has 0 atom stereocenters. The normalized spacial score (nSPS) is 16.0. The van der Waals surface area contributed by atoms with E-state index in [1.165, 1.54) is 0 Å². The number of benzene rings is 1. The molecule has 0 unspecified atom stereocenters. The molecule has 0 amide bonds. The summed E-state index contributed by atoms with van der Waals surface area (Å²) in [6.45, 7) is 9.49. The summed E-state index contributed by atoms with van der Waals surface area (Å²) in [5.74, 6) is 3.24. The molecule has 1 aromatic heterocycles. The van der Waals surface area contributed by atoms with Gasteiger partial charge >= 0.3 is 0 Å². The van der Waals surface area contributed by atoms with Gasteiger partial charge in [-0.2, -0.15) is 0 Å². The average Bonchev–Trinajstić information content (AvgIpc) is 3.26. The van der Waals surface area contributed by atoms with E-state index >= 15 is 0 Å². The summed E-state index contributed by atoms with van der Waals surface area (Å²) in [7, 11) is 0. The van der Waals surface area contributed by atoms with Crippen molar-refractivity contribution in [1.82, 2.24) is 25.5 Å². The zero-order chi connectivity index (χ0) is 20.6. The fraction of sp³-hybridized carbons (Fsp3) is 0.476. The predicted octanol–water partition coefficient (Wildman–Crippen LogP) is 1.70. The summed E-state index contributed by atoms with van der Waals surface area (Å²) in [5, 5.41) is 6.75. The lowest BCUT2D eigenvalue weighted by Crippen LogP contribution is -2.49. The number of rotatable bonds is 7. The number of halogens is 1. The number of anilines is 1. The highest BCUT2D eigenvalue weighted by Gasteiger charge is 2.18. The molecule has 2 N–H and O–H groups in total. The number of piperazine rings is 1. The topological polar surface area (TPSA) is 87.1 Å². The van der Waals surface area contributed by atoms with Crippen molar-refractivity contribution in [2.75, 3.05) is 57.5 Å². The summed E-state index contributed by atoms with van der Waals surface area (Å²) in [6.07, 6.45) is 3.59. The van der Waals surface area contributed by atoms with Crippen molar-refractivity contribution >= 4 is 35.9 Å². The maximum Gasteiger partial charge on any atom is 0.231 e. The first kappa shape index (κ1) is 23.3. The maximum absolute atomic E-state index is 5.44. The van der Waals surface area contributed by atoms with Gasteiger partial charge < -0.3 is 25.0 Å². The molecule has 3 heterocycles. The molecule has 31 heavy (non-hydrogen) atoms. The van der Waals surface area contributed by atoms with Crippen molar-refractivity contribution in [1.29, 1.82) is 0 Å². The fourth-order valence-electron chi connectivity index (χ4n) is 3.51. The van der Waals surface area contributed by atoms with Gasteiger partial charge in [0.15, 0.2) is 17.5 Å². The van der Waals surface area contributed by atoms with Gasteiger partial charge in [-0.15, -0.1) is 24.0 Å². The van der Waals surface area contributed by atoms with E-state index in [4.69, 9.17) is 14.5 Å². The second-order valence-corrected chi connectivity index (χ2v) is 7.19. The smallest absolute Gasteiger partial charge is 0.231 e. The Bertz CT molecular complexity index is 845. The highest BCUT2D eigenvalue weighted by molar-refractivity contribution is 14.0. The third-order valence-corrected chi connectivity index (χ3v) is 5.13. The molecule has 9 nitrogen and oxygen atoms in total. The minimum absolute atomic E-state index is 0. The van der Waals surface area contributed by atoms with Crippen molar-refractivity contribution in [3.63, 3.8) is 0 Å². The largest absolute Gasteiger partial charge is 0.454 e. The van der Waals surface area contributed by atoms with Crippen molar-refractivity contribution in [2.45, 2.75) is 13.5 Å². The van der Waals surface area contributed by atoms with Crippen LogP contribution in [0.3, 0.4) is 0 Å². The molecule has 1 aromatic carbocycles. The summed E-state index contributed by atoms with van der Waals surface area (Å²) >= 11 is 0. The molecule has 0 radical (unpaired) electrons. The van der Waals surface area contributed by atoms with Crippen LogP contribution >= 0.6 is 24.0 Å². The third-order valence-electron chi connectivity index (χ3n) is 5.13. The number of aliphatic imine (C=N–C) groups is 1. The van der Waals surface area contributed by atoms with Gasteiger partial charge in [-0.3, -0.25) is 4.90 Å². The molecule has 2 aliphatic rings. The monoisotopic (exact) mass is 539 g/mol. The van der Waals surface area contributed by atoms with Crippen molar-refractivity contribution in [3.05, 3.63) is 42.2 Å². The third kappa shape index (κ3) is 6.57. The van der Waals surface area contributed by atoms with E-state index in [1.807, 2.05) is 24.3 Å². The second kappa shape index (κ2) is 11.9. The first-order valence-electron chi connectivity index (χ1n) is 10.5. The van der Waals surface area contributed by atoms with E-state index in [1.54, 1.807) is 12.4 Å². The first-order valence-corrected chi connectivity index (χ1v) is 10.5. The summed E-state index contributed by atoms with van der Waals surface area (Å²) in [4.78, 5) is 18.1. The standard InChI is InChI=1S/C21H29N7O2.HI/c1-2-22-20(26-15-17-4-5-18-19(14-17)30-16-29-18)23-8-9-27-10-12-28(13-11-27)21-24-6-3-7-25-21;/h3-7,14H,2,8-13,15-16H2,1H3,(H2,22,23,26);1H. The molecular formula is C21H30IN7O2. The quantitative estimate of drug-likeness (QED) is 0.313. The molecule has 2 aromatic rings. The Labute approximate surface area is 200 Å². The highest BCUT2D eigenvalue weighted by Crippen LogP contribution is 2.32. The van der Waals surface area contributed by atoms with E-state index < -0.39 is 0 Å². The summed E-state index contributed by atoms with van der Waals surface area (Å²) < 4.78 is 10.8. The number of aromatic nitrogens is 2. The van der Waals surface area contributed by atoms with Crippen LogP contribution in [0, 0.1) is 0 Å². The number of guanidine groups is 1. The van der Waals surface area contributed by atoms with Gasteiger partial charge in [0.1, 0.15) is 0 Å². The Morgan fingerprint density at radius 3 is 2.61 bits per heavy atom. The number of ether oxygens (including phenoxy) is 2. The van der Waals surface area contributed by atoms with Crippen LogP contribution in [-0.4, -0.2) is 73.4 Å². The first-order chi connectivity index (χ1) is 14.8. The highest BCUT2D eigenvalue weighted by atomic mass is 127. The maximum atomic E-state index is 5.44. The van der Waals surface area contributed by atoms with Crippen LogP contribution in [0.25, 0.3) is 0 Å². The molecule has 0 bridgehead atoms. The molecule has 168 valence electrons. The molecule has 0 saturated carbocycles. The zero-order valence-electron chi connectivity index (χ0n) is 17.8. The Hall–Kier alpha value is -2.34. The minimum atomic E-state index is 0. The van der Waals surface area contributed by atoms with Gasteiger partial charge in [-0.25, -0.2) is 15.0 Å². The van der Waals surface area contributed by atoms with Crippen LogP contribution in [0.2, 0.25) is 0 Å². The van der Waals surface area contributed by atoms with Crippen LogP contribution in [0.5, 0.6) is 11.5 Å². The average molecular weight is 539 g/mol.